The Morgan fingerprint density at radius 2 is 1.71 bits per heavy atom. The van der Waals surface area contributed by atoms with Gasteiger partial charge in [0.25, 0.3) is 5.91 Å². The first-order chi connectivity index (χ1) is 17.2. The monoisotopic (exact) mass is 458 g/mol. The molecule has 0 saturated heterocycles. The predicted octanol–water partition coefficient (Wildman–Crippen LogP) is 6.09. The Labute approximate surface area is 203 Å². The third-order valence-corrected chi connectivity index (χ3v) is 6.90. The molecule has 35 heavy (non-hydrogen) atoms. The van der Waals surface area contributed by atoms with E-state index in [2.05, 4.69) is 76.3 Å². The zero-order chi connectivity index (χ0) is 23.8. The summed E-state index contributed by atoms with van der Waals surface area (Å²) in [6, 6.07) is 28.5. The van der Waals surface area contributed by atoms with Crippen molar-refractivity contribution >= 4 is 38.6 Å². The van der Waals surface area contributed by atoms with E-state index in [0.29, 0.717) is 18.7 Å². The van der Waals surface area contributed by atoms with Crippen LogP contribution in [0.3, 0.4) is 0 Å². The number of para-hydroxylation sites is 3. The zero-order valence-electron chi connectivity index (χ0n) is 19.6. The van der Waals surface area contributed by atoms with Gasteiger partial charge in [-0.2, -0.15) is 0 Å². The maximum absolute atomic E-state index is 14.0. The smallest absolute Gasteiger partial charge is 0.254 e. The second kappa shape index (κ2) is 8.76. The van der Waals surface area contributed by atoms with Gasteiger partial charge in [-0.3, -0.25) is 9.78 Å². The molecule has 6 aromatic rings. The van der Waals surface area contributed by atoms with Crippen molar-refractivity contribution < 1.29 is 4.79 Å². The fourth-order valence-corrected chi connectivity index (χ4v) is 4.99. The molecular weight excluding hydrogens is 432 g/mol. The molecule has 0 radical (unpaired) electrons. The highest BCUT2D eigenvalue weighted by Crippen LogP contribution is 2.24. The Kier molecular flexibility index (Phi) is 5.30. The van der Waals surface area contributed by atoms with Crippen molar-refractivity contribution in [2.24, 2.45) is 7.05 Å². The van der Waals surface area contributed by atoms with Gasteiger partial charge in [0.1, 0.15) is 0 Å². The van der Waals surface area contributed by atoms with Crippen molar-refractivity contribution in [2.45, 2.75) is 13.0 Å². The summed E-state index contributed by atoms with van der Waals surface area (Å²) in [6.07, 6.45) is 4.55. The summed E-state index contributed by atoms with van der Waals surface area (Å²) in [6.45, 7) is 1.14. The summed E-state index contributed by atoms with van der Waals surface area (Å²) in [5.74, 6) is 0.0219. The number of amides is 1. The fourth-order valence-electron chi connectivity index (χ4n) is 4.99. The molecule has 5 nitrogen and oxygen atoms in total. The van der Waals surface area contributed by atoms with Gasteiger partial charge in [-0.1, -0.05) is 54.6 Å². The Hall–Kier alpha value is -4.38. The van der Waals surface area contributed by atoms with E-state index in [9.17, 15) is 4.79 Å². The number of nitrogens with one attached hydrogen (secondary N) is 1. The van der Waals surface area contributed by atoms with Crippen molar-refractivity contribution in [2.75, 3.05) is 6.54 Å². The van der Waals surface area contributed by atoms with Crippen LogP contribution in [0.25, 0.3) is 32.7 Å². The van der Waals surface area contributed by atoms with Crippen LogP contribution in [0.15, 0.2) is 97.3 Å². The molecule has 0 saturated carbocycles. The van der Waals surface area contributed by atoms with Crippen LogP contribution in [-0.2, 0) is 20.0 Å². The van der Waals surface area contributed by atoms with E-state index < -0.39 is 0 Å². The number of benzene rings is 3. The van der Waals surface area contributed by atoms with Crippen molar-refractivity contribution in [3.63, 3.8) is 0 Å². The third kappa shape index (κ3) is 3.85. The van der Waals surface area contributed by atoms with Gasteiger partial charge in [-0.15, -0.1) is 0 Å². The lowest BCUT2D eigenvalue weighted by atomic mass is 10.1. The average molecular weight is 459 g/mol. The zero-order valence-corrected chi connectivity index (χ0v) is 19.6. The molecule has 0 aliphatic carbocycles. The maximum Gasteiger partial charge on any atom is 0.254 e. The number of aromatic nitrogens is 3. The van der Waals surface area contributed by atoms with E-state index in [4.69, 9.17) is 0 Å². The van der Waals surface area contributed by atoms with Gasteiger partial charge in [0.15, 0.2) is 0 Å². The molecule has 3 heterocycles. The number of H-pyrrole nitrogens is 1. The van der Waals surface area contributed by atoms with Gasteiger partial charge >= 0.3 is 0 Å². The van der Waals surface area contributed by atoms with E-state index >= 15 is 0 Å². The Balaban J connectivity index is 1.37. The van der Waals surface area contributed by atoms with Crippen LogP contribution >= 0.6 is 0 Å². The molecule has 3 aromatic carbocycles. The Morgan fingerprint density at radius 1 is 0.943 bits per heavy atom. The Bertz CT molecular complexity index is 1670. The minimum Gasteiger partial charge on any atom is -0.361 e. The summed E-state index contributed by atoms with van der Waals surface area (Å²) < 4.78 is 2.19. The first kappa shape index (κ1) is 21.2. The molecule has 0 fully saturated rings. The number of aromatic amines is 1. The van der Waals surface area contributed by atoms with Gasteiger partial charge < -0.3 is 14.5 Å². The highest BCUT2D eigenvalue weighted by Gasteiger charge is 2.21. The number of fused-ring (bicyclic) bond motifs is 3. The highest BCUT2D eigenvalue weighted by atomic mass is 16.2. The molecule has 1 amide bonds. The molecule has 0 atom stereocenters. The average Bonchev–Trinajstić information content (AvgIpc) is 3.46. The minimum atomic E-state index is 0.0219. The van der Waals surface area contributed by atoms with Crippen LogP contribution in [0.1, 0.15) is 21.6 Å². The lowest BCUT2D eigenvalue weighted by molar-refractivity contribution is 0.0744. The number of aryl methyl sites for hydroxylation is 1. The van der Waals surface area contributed by atoms with E-state index in [1.165, 1.54) is 21.9 Å². The maximum atomic E-state index is 14.0. The summed E-state index contributed by atoms with van der Waals surface area (Å²) in [5.41, 5.74) is 6.13. The van der Waals surface area contributed by atoms with Crippen molar-refractivity contribution in [3.8, 4) is 0 Å². The molecule has 1 N–H and O–H groups in total. The van der Waals surface area contributed by atoms with Crippen LogP contribution in [0.5, 0.6) is 0 Å². The summed E-state index contributed by atoms with van der Waals surface area (Å²) in [7, 11) is 2.07. The summed E-state index contributed by atoms with van der Waals surface area (Å²) in [4.78, 5) is 23.8. The standard InChI is InChI=1S/C30H26N4O/c1-33-23(18-21-8-2-7-13-29(21)33)20-34(17-15-22-19-32-27-11-5-3-9-24(22)27)30(35)26-14-16-31-28-12-6-4-10-25(26)28/h2-14,16,18-19,32H,15,17,20H2,1H3. The number of hydrogen-bond acceptors (Lipinski definition) is 2. The number of nitrogens with zero attached hydrogens (tertiary/aromatic N) is 3. The first-order valence-corrected chi connectivity index (χ1v) is 11.9. The van der Waals surface area contributed by atoms with Gasteiger partial charge in [-0.25, -0.2) is 0 Å². The minimum absolute atomic E-state index is 0.0219. The van der Waals surface area contributed by atoms with Gasteiger partial charge in [0, 0.05) is 53.5 Å². The first-order valence-electron chi connectivity index (χ1n) is 11.9. The molecule has 0 aliphatic heterocycles. The molecular formula is C30H26N4O. The summed E-state index contributed by atoms with van der Waals surface area (Å²) >= 11 is 0. The molecule has 0 unspecified atom stereocenters. The normalized spacial score (nSPS) is 11.5. The summed E-state index contributed by atoms with van der Waals surface area (Å²) in [5, 5.41) is 3.27. The molecule has 6 rings (SSSR count). The highest BCUT2D eigenvalue weighted by molar-refractivity contribution is 6.06. The van der Waals surface area contributed by atoms with Crippen LogP contribution in [0, 0.1) is 0 Å². The van der Waals surface area contributed by atoms with Crippen LogP contribution in [-0.4, -0.2) is 31.9 Å². The van der Waals surface area contributed by atoms with Crippen molar-refractivity contribution in [1.82, 2.24) is 19.4 Å². The Morgan fingerprint density at radius 3 is 2.60 bits per heavy atom. The second-order valence-corrected chi connectivity index (χ2v) is 8.97. The fraction of sp³-hybridized carbons (Fsp3) is 0.133. The van der Waals surface area contributed by atoms with Crippen molar-refractivity contribution in [1.29, 1.82) is 0 Å². The second-order valence-electron chi connectivity index (χ2n) is 8.97. The molecule has 0 spiro atoms. The number of carbonyl (C=O) groups is 1. The molecule has 172 valence electrons. The van der Waals surface area contributed by atoms with E-state index in [0.717, 1.165) is 28.5 Å². The number of hydrogen-bond donors (Lipinski definition) is 1. The number of pyridine rings is 1. The number of carbonyl (C=O) groups excluding carboxylic acids is 1. The van der Waals surface area contributed by atoms with Gasteiger partial charge in [-0.05, 0) is 47.7 Å². The lowest BCUT2D eigenvalue weighted by Crippen LogP contribution is -2.33. The van der Waals surface area contributed by atoms with E-state index in [1.807, 2.05) is 41.3 Å². The SMILES string of the molecule is Cn1c(CN(CCc2c[nH]c3ccccc23)C(=O)c2ccnc3ccccc23)cc2ccccc21. The van der Waals surface area contributed by atoms with Gasteiger partial charge in [0.05, 0.1) is 17.6 Å². The molecule has 0 aliphatic rings. The van der Waals surface area contributed by atoms with Crippen LogP contribution in [0.4, 0.5) is 0 Å². The topological polar surface area (TPSA) is 53.9 Å². The van der Waals surface area contributed by atoms with Crippen LogP contribution < -0.4 is 0 Å². The quantitative estimate of drug-likeness (QED) is 0.328. The lowest BCUT2D eigenvalue weighted by Gasteiger charge is -2.24. The van der Waals surface area contributed by atoms with Crippen molar-refractivity contribution in [3.05, 3.63) is 114 Å². The van der Waals surface area contributed by atoms with Gasteiger partial charge in [0.2, 0.25) is 0 Å². The predicted molar refractivity (Wildman–Crippen MR) is 141 cm³/mol. The third-order valence-electron chi connectivity index (χ3n) is 6.90. The van der Waals surface area contributed by atoms with E-state index in [1.54, 1.807) is 6.20 Å². The molecule has 3 aromatic heterocycles. The van der Waals surface area contributed by atoms with Crippen LogP contribution in [0.2, 0.25) is 0 Å². The number of rotatable bonds is 6. The molecule has 5 heteroatoms. The largest absolute Gasteiger partial charge is 0.361 e. The molecule has 0 bridgehead atoms. The van der Waals surface area contributed by atoms with E-state index in [-0.39, 0.29) is 5.91 Å².